The van der Waals surface area contributed by atoms with Gasteiger partial charge in [-0.3, -0.25) is 4.79 Å². The first-order valence-electron chi connectivity index (χ1n) is 7.03. The summed E-state index contributed by atoms with van der Waals surface area (Å²) in [4.78, 5) is 11.0. The number of nitrogens with zero attached hydrogens (tertiary/aromatic N) is 1. The fraction of sp³-hybridized carbons (Fsp3) is 0.176. The van der Waals surface area contributed by atoms with Gasteiger partial charge >= 0.3 is 0 Å². The first-order chi connectivity index (χ1) is 11.2. The zero-order valence-electron chi connectivity index (χ0n) is 12.8. The van der Waals surface area contributed by atoms with Crippen LogP contribution in [0.4, 0.5) is 0 Å². The molecule has 0 atom stereocenters. The lowest BCUT2D eigenvalue weighted by Crippen LogP contribution is -2.32. The van der Waals surface area contributed by atoms with Crippen molar-refractivity contribution in [3.8, 4) is 22.6 Å². The molecule has 0 fully saturated rings. The molecular weight excluding hydrogens is 296 g/mol. The van der Waals surface area contributed by atoms with Crippen molar-refractivity contribution in [2.24, 2.45) is 5.10 Å². The van der Waals surface area contributed by atoms with Crippen LogP contribution in [0, 0.1) is 0 Å². The van der Waals surface area contributed by atoms with Gasteiger partial charge in [0.25, 0.3) is 5.91 Å². The average Bonchev–Trinajstić information content (AvgIpc) is 2.62. The number of rotatable bonds is 4. The molecule has 23 heavy (non-hydrogen) atoms. The Labute approximate surface area is 133 Å². The summed E-state index contributed by atoms with van der Waals surface area (Å²) in [5, 5.41) is 3.89. The summed E-state index contributed by atoms with van der Waals surface area (Å²) in [7, 11) is 3.22. The molecule has 0 aliphatic carbocycles. The van der Waals surface area contributed by atoms with Gasteiger partial charge in [-0.05, 0) is 35.4 Å². The van der Waals surface area contributed by atoms with Crippen molar-refractivity contribution in [2.45, 2.75) is 0 Å². The van der Waals surface area contributed by atoms with Gasteiger partial charge in [0.15, 0.2) is 18.1 Å². The third-order valence-electron chi connectivity index (χ3n) is 3.47. The monoisotopic (exact) mass is 312 g/mol. The van der Waals surface area contributed by atoms with E-state index in [4.69, 9.17) is 14.2 Å². The van der Waals surface area contributed by atoms with E-state index in [1.807, 2.05) is 42.5 Å². The Hall–Kier alpha value is -3.02. The molecule has 6 nitrogen and oxygen atoms in total. The van der Waals surface area contributed by atoms with Crippen molar-refractivity contribution in [1.82, 2.24) is 5.43 Å². The summed E-state index contributed by atoms with van der Waals surface area (Å²) in [6.45, 7) is -0.0176. The number of hydrazone groups is 1. The number of carbonyl (C=O) groups excluding carboxylic acids is 1. The lowest BCUT2D eigenvalue weighted by molar-refractivity contribution is -0.124. The van der Waals surface area contributed by atoms with E-state index in [1.54, 1.807) is 14.2 Å². The van der Waals surface area contributed by atoms with Crippen LogP contribution in [0.5, 0.6) is 11.5 Å². The van der Waals surface area contributed by atoms with Gasteiger partial charge in [-0.15, -0.1) is 5.10 Å². The second kappa shape index (κ2) is 6.39. The van der Waals surface area contributed by atoms with Gasteiger partial charge in [-0.1, -0.05) is 18.2 Å². The maximum atomic E-state index is 11.0. The molecule has 1 aliphatic heterocycles. The van der Waals surface area contributed by atoms with Crippen LogP contribution < -0.4 is 14.9 Å². The number of hydrogen-bond acceptors (Lipinski definition) is 5. The summed E-state index contributed by atoms with van der Waals surface area (Å²) < 4.78 is 15.9. The zero-order chi connectivity index (χ0) is 16.2. The molecule has 3 rings (SSSR count). The third kappa shape index (κ3) is 3.11. The second-order valence-corrected chi connectivity index (χ2v) is 4.89. The summed E-state index contributed by atoms with van der Waals surface area (Å²) in [5.41, 5.74) is 5.23. The molecule has 0 aromatic heterocycles. The SMILES string of the molecule is COc1ccc(-c2ccc(C3=NNC(=O)CO3)cc2)cc1OC. The molecule has 0 unspecified atom stereocenters. The Morgan fingerprint density at radius 1 is 0.957 bits per heavy atom. The Kier molecular flexibility index (Phi) is 4.14. The molecule has 1 aliphatic rings. The van der Waals surface area contributed by atoms with Gasteiger partial charge in [0, 0.05) is 5.56 Å². The first kappa shape index (κ1) is 14.9. The number of amides is 1. The highest BCUT2D eigenvalue weighted by Crippen LogP contribution is 2.32. The fourth-order valence-electron chi connectivity index (χ4n) is 2.28. The van der Waals surface area contributed by atoms with Crippen LogP contribution in [0.1, 0.15) is 5.56 Å². The molecule has 6 heteroatoms. The van der Waals surface area contributed by atoms with Gasteiger partial charge in [-0.25, -0.2) is 5.43 Å². The van der Waals surface area contributed by atoms with Crippen LogP contribution in [-0.2, 0) is 9.53 Å². The Morgan fingerprint density at radius 3 is 2.22 bits per heavy atom. The quantitative estimate of drug-likeness (QED) is 0.939. The smallest absolute Gasteiger partial charge is 0.278 e. The maximum absolute atomic E-state index is 11.0. The maximum Gasteiger partial charge on any atom is 0.278 e. The number of ether oxygens (including phenoxy) is 3. The molecule has 118 valence electrons. The van der Waals surface area contributed by atoms with Crippen molar-refractivity contribution in [1.29, 1.82) is 0 Å². The summed E-state index contributed by atoms with van der Waals surface area (Å²) >= 11 is 0. The molecule has 0 bridgehead atoms. The van der Waals surface area contributed by atoms with Crippen molar-refractivity contribution < 1.29 is 19.0 Å². The van der Waals surface area contributed by atoms with Gasteiger partial charge in [0.1, 0.15) is 0 Å². The summed E-state index contributed by atoms with van der Waals surface area (Å²) in [6.07, 6.45) is 0. The van der Waals surface area contributed by atoms with Gasteiger partial charge < -0.3 is 14.2 Å². The molecule has 1 heterocycles. The van der Waals surface area contributed by atoms with E-state index in [0.717, 1.165) is 16.7 Å². The van der Waals surface area contributed by atoms with E-state index in [9.17, 15) is 4.79 Å². The van der Waals surface area contributed by atoms with E-state index < -0.39 is 0 Å². The van der Waals surface area contributed by atoms with Crippen LogP contribution in [-0.4, -0.2) is 32.6 Å². The van der Waals surface area contributed by atoms with Crippen LogP contribution in [0.3, 0.4) is 0 Å². The molecule has 2 aromatic rings. The van der Waals surface area contributed by atoms with E-state index in [-0.39, 0.29) is 12.5 Å². The van der Waals surface area contributed by atoms with E-state index in [1.165, 1.54) is 0 Å². The summed E-state index contributed by atoms with van der Waals surface area (Å²) in [5.74, 6) is 1.52. The van der Waals surface area contributed by atoms with Crippen LogP contribution in [0.15, 0.2) is 47.6 Å². The molecule has 1 amide bonds. The van der Waals surface area contributed by atoms with E-state index in [0.29, 0.717) is 17.4 Å². The van der Waals surface area contributed by atoms with Crippen molar-refractivity contribution in [3.05, 3.63) is 48.0 Å². The Morgan fingerprint density at radius 2 is 1.61 bits per heavy atom. The predicted molar refractivity (Wildman–Crippen MR) is 85.6 cm³/mol. The highest BCUT2D eigenvalue weighted by molar-refractivity contribution is 5.98. The minimum atomic E-state index is -0.254. The minimum absolute atomic E-state index is 0.0176. The van der Waals surface area contributed by atoms with Crippen LogP contribution in [0.2, 0.25) is 0 Å². The van der Waals surface area contributed by atoms with Crippen molar-refractivity contribution in [3.63, 3.8) is 0 Å². The lowest BCUT2D eigenvalue weighted by Gasteiger charge is -2.14. The molecule has 2 aromatic carbocycles. The molecule has 0 saturated heterocycles. The van der Waals surface area contributed by atoms with Crippen LogP contribution in [0.25, 0.3) is 11.1 Å². The van der Waals surface area contributed by atoms with Crippen molar-refractivity contribution in [2.75, 3.05) is 20.8 Å². The van der Waals surface area contributed by atoms with E-state index >= 15 is 0 Å². The van der Waals surface area contributed by atoms with E-state index in [2.05, 4.69) is 10.5 Å². The average molecular weight is 312 g/mol. The number of carbonyl (C=O) groups is 1. The summed E-state index contributed by atoms with van der Waals surface area (Å²) in [6, 6.07) is 13.4. The lowest BCUT2D eigenvalue weighted by atomic mass is 10.0. The number of hydrogen-bond donors (Lipinski definition) is 1. The first-order valence-corrected chi connectivity index (χ1v) is 7.03. The van der Waals surface area contributed by atoms with Gasteiger partial charge in [-0.2, -0.15) is 0 Å². The topological polar surface area (TPSA) is 69.2 Å². The van der Waals surface area contributed by atoms with Gasteiger partial charge in [0.05, 0.1) is 14.2 Å². The Bertz CT molecular complexity index is 754. The molecule has 0 saturated carbocycles. The van der Waals surface area contributed by atoms with Crippen molar-refractivity contribution >= 4 is 11.8 Å². The fourth-order valence-corrected chi connectivity index (χ4v) is 2.28. The van der Waals surface area contributed by atoms with Crippen LogP contribution >= 0.6 is 0 Å². The highest BCUT2D eigenvalue weighted by atomic mass is 16.5. The minimum Gasteiger partial charge on any atom is -0.493 e. The van der Waals surface area contributed by atoms with Gasteiger partial charge in [0.2, 0.25) is 5.90 Å². The second-order valence-electron chi connectivity index (χ2n) is 4.89. The largest absolute Gasteiger partial charge is 0.493 e. The molecule has 1 N–H and O–H groups in total. The standard InChI is InChI=1S/C17H16N2O4/c1-21-14-8-7-13(9-15(14)22-2)11-3-5-12(6-4-11)17-19-18-16(20)10-23-17/h3-9H,10H2,1-2H3,(H,18,20). The number of nitrogens with one attached hydrogen (secondary N) is 1. The molecular formula is C17H16N2O4. The predicted octanol–water partition coefficient (Wildman–Crippen LogP) is 2.18. The molecule has 0 radical (unpaired) electrons. The highest BCUT2D eigenvalue weighted by Gasteiger charge is 2.14. The normalized spacial score (nSPS) is 13.7. The number of methoxy groups -OCH3 is 2. The number of benzene rings is 2. The molecule has 0 spiro atoms. The zero-order valence-corrected chi connectivity index (χ0v) is 12.8. The third-order valence-corrected chi connectivity index (χ3v) is 3.47. The Balaban J connectivity index is 1.86.